The summed E-state index contributed by atoms with van der Waals surface area (Å²) in [7, 11) is 0. The van der Waals surface area contributed by atoms with Gasteiger partial charge in [-0.25, -0.2) is 0 Å². The van der Waals surface area contributed by atoms with Crippen molar-refractivity contribution < 1.29 is 14.7 Å². The summed E-state index contributed by atoms with van der Waals surface area (Å²) in [5.74, 6) is -0.693. The minimum Gasteiger partial charge on any atom is -0.481 e. The van der Waals surface area contributed by atoms with E-state index in [2.05, 4.69) is 5.32 Å². The topological polar surface area (TPSA) is 66.4 Å². The van der Waals surface area contributed by atoms with Crippen molar-refractivity contribution in [2.45, 2.75) is 76.7 Å². The van der Waals surface area contributed by atoms with Gasteiger partial charge in [-0.1, -0.05) is 32.1 Å². The molecule has 1 amide bonds. The Morgan fingerprint density at radius 1 is 0.944 bits per heavy atom. The molecule has 0 bridgehead atoms. The summed E-state index contributed by atoms with van der Waals surface area (Å²) in [6.07, 6.45) is 10.4. The van der Waals surface area contributed by atoms with E-state index in [1.165, 1.54) is 32.1 Å². The first-order chi connectivity index (χ1) is 8.68. The lowest BCUT2D eigenvalue weighted by Gasteiger charge is -2.21. The molecule has 0 aliphatic heterocycles. The summed E-state index contributed by atoms with van der Waals surface area (Å²) in [6.45, 7) is 0. The van der Waals surface area contributed by atoms with Crippen LogP contribution in [-0.4, -0.2) is 23.0 Å². The smallest absolute Gasteiger partial charge is 0.303 e. The van der Waals surface area contributed by atoms with Gasteiger partial charge in [-0.15, -0.1) is 0 Å². The first-order valence-electron chi connectivity index (χ1n) is 7.19. The molecular formula is C14H25NO3. The van der Waals surface area contributed by atoms with E-state index in [1.807, 2.05) is 0 Å². The van der Waals surface area contributed by atoms with Crippen LogP contribution in [0.2, 0.25) is 0 Å². The normalized spacial score (nSPS) is 17.8. The molecule has 0 spiro atoms. The first-order valence-corrected chi connectivity index (χ1v) is 7.19. The van der Waals surface area contributed by atoms with Gasteiger partial charge in [0.25, 0.3) is 0 Å². The maximum absolute atomic E-state index is 11.7. The van der Waals surface area contributed by atoms with Crippen molar-refractivity contribution in [3.8, 4) is 0 Å². The summed E-state index contributed by atoms with van der Waals surface area (Å²) < 4.78 is 0. The first kappa shape index (κ1) is 15.0. The molecule has 0 aromatic carbocycles. The van der Waals surface area contributed by atoms with Gasteiger partial charge in [0.1, 0.15) is 0 Å². The van der Waals surface area contributed by atoms with E-state index in [0.29, 0.717) is 25.3 Å². The third kappa shape index (κ3) is 7.30. The van der Waals surface area contributed by atoms with Crippen LogP contribution in [0.15, 0.2) is 0 Å². The van der Waals surface area contributed by atoms with E-state index < -0.39 is 5.97 Å². The van der Waals surface area contributed by atoms with Crippen molar-refractivity contribution >= 4 is 11.9 Å². The third-order valence-electron chi connectivity index (χ3n) is 3.51. The number of carboxylic acid groups (broad SMARTS) is 1. The van der Waals surface area contributed by atoms with Gasteiger partial charge < -0.3 is 10.4 Å². The number of carbonyl (C=O) groups is 2. The summed E-state index contributed by atoms with van der Waals surface area (Å²) >= 11 is 0. The molecule has 1 aliphatic carbocycles. The second kappa shape index (κ2) is 8.95. The van der Waals surface area contributed by atoms with Crippen molar-refractivity contribution in [2.75, 3.05) is 0 Å². The molecular weight excluding hydrogens is 230 g/mol. The molecule has 18 heavy (non-hydrogen) atoms. The van der Waals surface area contributed by atoms with Crippen molar-refractivity contribution in [3.63, 3.8) is 0 Å². The number of carboxylic acids is 1. The highest BCUT2D eigenvalue weighted by atomic mass is 16.4. The van der Waals surface area contributed by atoms with E-state index in [9.17, 15) is 9.59 Å². The SMILES string of the molecule is O=C(O)CCCCC(=O)NC1CCCCCCC1. The quantitative estimate of drug-likeness (QED) is 0.717. The fourth-order valence-corrected chi connectivity index (χ4v) is 2.46. The summed E-state index contributed by atoms with van der Waals surface area (Å²) in [4.78, 5) is 22.0. The van der Waals surface area contributed by atoms with E-state index in [-0.39, 0.29) is 12.3 Å². The van der Waals surface area contributed by atoms with Crippen LogP contribution in [0.3, 0.4) is 0 Å². The fourth-order valence-electron chi connectivity index (χ4n) is 2.46. The molecule has 104 valence electrons. The molecule has 1 fully saturated rings. The van der Waals surface area contributed by atoms with Crippen LogP contribution in [0.1, 0.15) is 70.6 Å². The molecule has 0 aromatic heterocycles. The summed E-state index contributed by atoms with van der Waals surface area (Å²) in [6, 6.07) is 0.345. The Morgan fingerprint density at radius 2 is 1.50 bits per heavy atom. The maximum atomic E-state index is 11.7. The second-order valence-corrected chi connectivity index (χ2v) is 5.21. The average molecular weight is 255 g/mol. The van der Waals surface area contributed by atoms with Crippen LogP contribution < -0.4 is 5.32 Å². The van der Waals surface area contributed by atoms with Gasteiger partial charge in [0.15, 0.2) is 0 Å². The molecule has 0 radical (unpaired) electrons. The molecule has 0 saturated heterocycles. The highest BCUT2D eigenvalue weighted by Crippen LogP contribution is 2.17. The van der Waals surface area contributed by atoms with Gasteiger partial charge in [0.2, 0.25) is 5.91 Å². The van der Waals surface area contributed by atoms with E-state index >= 15 is 0 Å². The van der Waals surface area contributed by atoms with Gasteiger partial charge in [-0.3, -0.25) is 9.59 Å². The van der Waals surface area contributed by atoms with E-state index in [1.54, 1.807) is 0 Å². The zero-order valence-electron chi connectivity index (χ0n) is 11.1. The highest BCUT2D eigenvalue weighted by molar-refractivity contribution is 5.76. The summed E-state index contributed by atoms with van der Waals surface area (Å²) in [5, 5.41) is 11.6. The molecule has 1 aliphatic rings. The van der Waals surface area contributed by atoms with Gasteiger partial charge in [-0.05, 0) is 25.7 Å². The van der Waals surface area contributed by atoms with E-state index in [4.69, 9.17) is 5.11 Å². The molecule has 1 saturated carbocycles. The highest BCUT2D eigenvalue weighted by Gasteiger charge is 2.13. The molecule has 2 N–H and O–H groups in total. The van der Waals surface area contributed by atoms with Crippen molar-refractivity contribution in [1.29, 1.82) is 0 Å². The van der Waals surface area contributed by atoms with Crippen LogP contribution in [0.4, 0.5) is 0 Å². The predicted molar refractivity (Wildman–Crippen MR) is 70.4 cm³/mol. The second-order valence-electron chi connectivity index (χ2n) is 5.21. The van der Waals surface area contributed by atoms with E-state index in [0.717, 1.165) is 12.8 Å². The predicted octanol–water partition coefficient (Wildman–Crippen LogP) is 2.86. The van der Waals surface area contributed by atoms with Crippen molar-refractivity contribution in [3.05, 3.63) is 0 Å². The zero-order chi connectivity index (χ0) is 13.2. The van der Waals surface area contributed by atoms with Crippen molar-refractivity contribution in [1.82, 2.24) is 5.32 Å². The molecule has 0 heterocycles. The lowest BCUT2D eigenvalue weighted by atomic mass is 9.96. The molecule has 4 nitrogen and oxygen atoms in total. The number of hydrogen-bond acceptors (Lipinski definition) is 2. The monoisotopic (exact) mass is 255 g/mol. The van der Waals surface area contributed by atoms with Crippen LogP contribution >= 0.6 is 0 Å². The fraction of sp³-hybridized carbons (Fsp3) is 0.857. The average Bonchev–Trinajstić information content (AvgIpc) is 2.28. The Hall–Kier alpha value is -1.06. The number of amides is 1. The van der Waals surface area contributed by atoms with Gasteiger partial charge in [0.05, 0.1) is 0 Å². The minimum atomic E-state index is -0.782. The number of carbonyl (C=O) groups excluding carboxylic acids is 1. The van der Waals surface area contributed by atoms with Crippen LogP contribution in [-0.2, 0) is 9.59 Å². The number of nitrogens with one attached hydrogen (secondary N) is 1. The number of unbranched alkanes of at least 4 members (excludes halogenated alkanes) is 1. The van der Waals surface area contributed by atoms with Crippen LogP contribution in [0, 0.1) is 0 Å². The Kier molecular flexibility index (Phi) is 7.46. The lowest BCUT2D eigenvalue weighted by Crippen LogP contribution is -2.35. The standard InChI is InChI=1S/C14H25NO3/c16-13(10-6-7-11-14(17)18)15-12-8-4-2-1-3-5-9-12/h12H,1-11H2,(H,15,16)(H,17,18). The molecule has 4 heteroatoms. The molecule has 0 unspecified atom stereocenters. The Bertz CT molecular complexity index is 258. The third-order valence-corrected chi connectivity index (χ3v) is 3.51. The molecule has 0 aromatic rings. The van der Waals surface area contributed by atoms with Gasteiger partial charge >= 0.3 is 5.97 Å². The zero-order valence-corrected chi connectivity index (χ0v) is 11.1. The van der Waals surface area contributed by atoms with Crippen LogP contribution in [0.5, 0.6) is 0 Å². The number of aliphatic carboxylic acids is 1. The molecule has 0 atom stereocenters. The Labute approximate surface area is 109 Å². The number of hydrogen-bond donors (Lipinski definition) is 2. The van der Waals surface area contributed by atoms with Gasteiger partial charge in [-0.2, -0.15) is 0 Å². The number of rotatable bonds is 6. The molecule has 1 rings (SSSR count). The minimum absolute atomic E-state index is 0.0889. The summed E-state index contributed by atoms with van der Waals surface area (Å²) in [5.41, 5.74) is 0. The Balaban J connectivity index is 2.11. The largest absolute Gasteiger partial charge is 0.481 e. The van der Waals surface area contributed by atoms with Crippen molar-refractivity contribution in [2.24, 2.45) is 0 Å². The Morgan fingerprint density at radius 3 is 2.11 bits per heavy atom. The maximum Gasteiger partial charge on any atom is 0.303 e. The van der Waals surface area contributed by atoms with Crippen LogP contribution in [0.25, 0.3) is 0 Å². The van der Waals surface area contributed by atoms with Gasteiger partial charge in [0, 0.05) is 18.9 Å². The lowest BCUT2D eigenvalue weighted by molar-refractivity contribution is -0.137.